The molecule has 1 aromatic carbocycles. The summed E-state index contributed by atoms with van der Waals surface area (Å²) in [5.41, 5.74) is 6.06. The molecule has 0 fully saturated rings. The number of likely N-dealkylation sites (N-methyl/N-ethyl adjacent to an activating group) is 1. The fourth-order valence-corrected chi connectivity index (χ4v) is 1.89. The second-order valence-electron chi connectivity index (χ2n) is 4.73. The van der Waals surface area contributed by atoms with Gasteiger partial charge in [0.1, 0.15) is 5.82 Å². The monoisotopic (exact) mass is 296 g/mol. The average Bonchev–Trinajstić information content (AvgIpc) is 2.45. The molecule has 116 valence electrons. The highest BCUT2D eigenvalue weighted by Crippen LogP contribution is 2.18. The van der Waals surface area contributed by atoms with Crippen molar-refractivity contribution in [1.82, 2.24) is 4.90 Å². The standard InChI is InChI=1S/C15H21FN2O3/c1-5-18(6-2)14(19)10(4)21-15(20)11-7-12(16)9(3)13(17)8-11/h7-8,10H,5-6,17H2,1-4H3. The summed E-state index contributed by atoms with van der Waals surface area (Å²) in [5, 5.41) is 0. The largest absolute Gasteiger partial charge is 0.449 e. The van der Waals surface area contributed by atoms with Crippen molar-refractivity contribution < 1.29 is 18.7 Å². The van der Waals surface area contributed by atoms with Gasteiger partial charge in [0.25, 0.3) is 5.91 Å². The lowest BCUT2D eigenvalue weighted by atomic mass is 10.1. The van der Waals surface area contributed by atoms with Crippen LogP contribution in [-0.4, -0.2) is 36.0 Å². The summed E-state index contributed by atoms with van der Waals surface area (Å²) in [6.45, 7) is 7.75. The molecule has 0 saturated heterocycles. The average molecular weight is 296 g/mol. The Morgan fingerprint density at radius 2 is 1.90 bits per heavy atom. The Labute approximate surface area is 123 Å². The van der Waals surface area contributed by atoms with E-state index in [1.807, 2.05) is 13.8 Å². The Morgan fingerprint density at radius 1 is 1.33 bits per heavy atom. The topological polar surface area (TPSA) is 72.6 Å². The van der Waals surface area contributed by atoms with Crippen LogP contribution in [-0.2, 0) is 9.53 Å². The molecule has 1 amide bonds. The van der Waals surface area contributed by atoms with Crippen molar-refractivity contribution in [2.24, 2.45) is 0 Å². The minimum Gasteiger partial charge on any atom is -0.449 e. The van der Waals surface area contributed by atoms with E-state index in [4.69, 9.17) is 10.5 Å². The lowest BCUT2D eigenvalue weighted by Crippen LogP contribution is -2.39. The summed E-state index contributed by atoms with van der Waals surface area (Å²) in [7, 11) is 0. The van der Waals surface area contributed by atoms with Gasteiger partial charge in [0, 0.05) is 24.3 Å². The second-order valence-corrected chi connectivity index (χ2v) is 4.73. The fraction of sp³-hybridized carbons (Fsp3) is 0.467. The van der Waals surface area contributed by atoms with Crippen LogP contribution in [0.3, 0.4) is 0 Å². The molecule has 0 aliphatic carbocycles. The third-order valence-corrected chi connectivity index (χ3v) is 3.33. The summed E-state index contributed by atoms with van der Waals surface area (Å²) < 4.78 is 18.7. The first-order valence-electron chi connectivity index (χ1n) is 6.87. The van der Waals surface area contributed by atoms with Gasteiger partial charge in [-0.2, -0.15) is 0 Å². The third kappa shape index (κ3) is 3.93. The van der Waals surface area contributed by atoms with Crippen LogP contribution in [0.5, 0.6) is 0 Å². The van der Waals surface area contributed by atoms with Gasteiger partial charge in [0.15, 0.2) is 6.10 Å². The number of ether oxygens (including phenoxy) is 1. The van der Waals surface area contributed by atoms with Gasteiger partial charge in [0.2, 0.25) is 0 Å². The van der Waals surface area contributed by atoms with Crippen LogP contribution in [0.4, 0.5) is 10.1 Å². The molecule has 5 nitrogen and oxygen atoms in total. The van der Waals surface area contributed by atoms with Crippen LogP contribution < -0.4 is 5.73 Å². The number of amides is 1. The quantitative estimate of drug-likeness (QED) is 0.667. The number of rotatable bonds is 5. The normalized spacial score (nSPS) is 11.9. The SMILES string of the molecule is CCN(CC)C(=O)C(C)OC(=O)c1cc(N)c(C)c(F)c1. The van der Waals surface area contributed by atoms with Crippen LogP contribution >= 0.6 is 0 Å². The maximum atomic E-state index is 13.6. The van der Waals surface area contributed by atoms with E-state index in [0.717, 1.165) is 6.07 Å². The molecule has 1 atom stereocenters. The molecule has 0 aliphatic rings. The highest BCUT2D eigenvalue weighted by molar-refractivity contribution is 5.93. The predicted molar refractivity (Wildman–Crippen MR) is 78.4 cm³/mol. The van der Waals surface area contributed by atoms with E-state index in [9.17, 15) is 14.0 Å². The van der Waals surface area contributed by atoms with Gasteiger partial charge in [-0.05, 0) is 39.8 Å². The van der Waals surface area contributed by atoms with Gasteiger partial charge in [-0.15, -0.1) is 0 Å². The van der Waals surface area contributed by atoms with Gasteiger partial charge >= 0.3 is 5.97 Å². The van der Waals surface area contributed by atoms with Crippen molar-refractivity contribution in [2.45, 2.75) is 33.8 Å². The van der Waals surface area contributed by atoms with E-state index in [1.165, 1.54) is 19.9 Å². The Balaban J connectivity index is 2.84. The number of carbonyl (C=O) groups is 2. The van der Waals surface area contributed by atoms with E-state index >= 15 is 0 Å². The highest BCUT2D eigenvalue weighted by Gasteiger charge is 2.23. The number of halogens is 1. The van der Waals surface area contributed by atoms with E-state index in [1.54, 1.807) is 4.90 Å². The zero-order valence-electron chi connectivity index (χ0n) is 12.8. The van der Waals surface area contributed by atoms with Crippen LogP contribution in [0.1, 0.15) is 36.7 Å². The molecule has 0 saturated carbocycles. The molecule has 1 unspecified atom stereocenters. The van der Waals surface area contributed by atoms with Crippen LogP contribution in [0.25, 0.3) is 0 Å². The van der Waals surface area contributed by atoms with Crippen molar-refractivity contribution in [3.8, 4) is 0 Å². The summed E-state index contributed by atoms with van der Waals surface area (Å²) in [6, 6.07) is 2.40. The molecule has 0 spiro atoms. The van der Waals surface area contributed by atoms with Crippen LogP contribution in [0.2, 0.25) is 0 Å². The first-order chi connectivity index (χ1) is 9.81. The summed E-state index contributed by atoms with van der Waals surface area (Å²) >= 11 is 0. The number of esters is 1. The van der Waals surface area contributed by atoms with E-state index in [-0.39, 0.29) is 22.7 Å². The number of nitrogens with two attached hydrogens (primary N) is 1. The summed E-state index contributed by atoms with van der Waals surface area (Å²) in [5.74, 6) is -1.63. The molecular formula is C15H21FN2O3. The molecule has 6 heteroatoms. The minimum absolute atomic E-state index is 0.00482. The maximum Gasteiger partial charge on any atom is 0.339 e. The molecule has 0 aromatic heterocycles. The molecule has 0 heterocycles. The number of anilines is 1. The molecular weight excluding hydrogens is 275 g/mol. The van der Waals surface area contributed by atoms with E-state index in [2.05, 4.69) is 0 Å². The number of benzene rings is 1. The Morgan fingerprint density at radius 3 is 2.38 bits per heavy atom. The van der Waals surface area contributed by atoms with Gasteiger partial charge in [-0.1, -0.05) is 0 Å². The number of hydrogen-bond donors (Lipinski definition) is 1. The van der Waals surface area contributed by atoms with E-state index < -0.39 is 17.9 Å². The Kier molecular flexibility index (Phi) is 5.69. The first-order valence-corrected chi connectivity index (χ1v) is 6.87. The molecule has 0 bridgehead atoms. The number of carbonyl (C=O) groups excluding carboxylic acids is 2. The molecule has 0 radical (unpaired) electrons. The summed E-state index contributed by atoms with van der Waals surface area (Å²) in [6.07, 6.45) is -0.928. The van der Waals surface area contributed by atoms with Gasteiger partial charge in [0.05, 0.1) is 5.56 Å². The number of hydrogen-bond acceptors (Lipinski definition) is 4. The molecule has 21 heavy (non-hydrogen) atoms. The maximum absolute atomic E-state index is 13.6. The van der Waals surface area contributed by atoms with Crippen molar-refractivity contribution in [3.63, 3.8) is 0 Å². The molecule has 2 N–H and O–H groups in total. The Hall–Kier alpha value is -2.11. The van der Waals surface area contributed by atoms with Crippen LogP contribution in [0.15, 0.2) is 12.1 Å². The number of nitrogens with zero attached hydrogens (tertiary/aromatic N) is 1. The molecule has 1 aromatic rings. The van der Waals surface area contributed by atoms with E-state index in [0.29, 0.717) is 13.1 Å². The van der Waals surface area contributed by atoms with Crippen molar-refractivity contribution in [2.75, 3.05) is 18.8 Å². The lowest BCUT2D eigenvalue weighted by molar-refractivity contribution is -0.139. The number of nitrogen functional groups attached to an aromatic ring is 1. The predicted octanol–water partition coefficient (Wildman–Crippen LogP) is 2.13. The first kappa shape index (κ1) is 16.9. The molecule has 0 aliphatic heterocycles. The van der Waals surface area contributed by atoms with Gasteiger partial charge < -0.3 is 15.4 Å². The Bertz CT molecular complexity index is 519. The summed E-state index contributed by atoms with van der Waals surface area (Å²) in [4.78, 5) is 25.5. The second kappa shape index (κ2) is 7.06. The minimum atomic E-state index is -0.928. The van der Waals surface area contributed by atoms with Crippen molar-refractivity contribution >= 4 is 17.6 Å². The fourth-order valence-electron chi connectivity index (χ4n) is 1.89. The highest BCUT2D eigenvalue weighted by atomic mass is 19.1. The zero-order chi connectivity index (χ0) is 16.2. The van der Waals surface area contributed by atoms with Crippen molar-refractivity contribution in [3.05, 3.63) is 29.1 Å². The third-order valence-electron chi connectivity index (χ3n) is 3.33. The zero-order valence-corrected chi connectivity index (χ0v) is 12.8. The smallest absolute Gasteiger partial charge is 0.339 e. The molecule has 1 rings (SSSR count). The van der Waals surface area contributed by atoms with Gasteiger partial charge in [-0.25, -0.2) is 9.18 Å². The van der Waals surface area contributed by atoms with Crippen LogP contribution in [0, 0.1) is 12.7 Å². The lowest BCUT2D eigenvalue weighted by Gasteiger charge is -2.22. The van der Waals surface area contributed by atoms with Gasteiger partial charge in [-0.3, -0.25) is 4.79 Å². The van der Waals surface area contributed by atoms with Crippen molar-refractivity contribution in [1.29, 1.82) is 0 Å².